The van der Waals surface area contributed by atoms with E-state index in [1.165, 1.54) is 56.6 Å². The summed E-state index contributed by atoms with van der Waals surface area (Å²) in [7, 11) is -4.06. The normalized spacial score (nSPS) is 24.6. The zero-order chi connectivity index (χ0) is 26.0. The fourth-order valence-electron chi connectivity index (χ4n) is 7.62. The molecule has 1 aromatic rings. The van der Waals surface area contributed by atoms with E-state index in [-0.39, 0.29) is 23.0 Å². The van der Waals surface area contributed by atoms with Gasteiger partial charge in [0.1, 0.15) is 10.7 Å². The average Bonchev–Trinajstić information content (AvgIpc) is 2.88. The summed E-state index contributed by atoms with van der Waals surface area (Å²) in [5, 5.41) is 0. The van der Waals surface area contributed by atoms with Crippen molar-refractivity contribution in [2.24, 2.45) is 5.41 Å². The Kier molecular flexibility index (Phi) is 8.19. The van der Waals surface area contributed by atoms with Crippen molar-refractivity contribution in [1.29, 1.82) is 0 Å². The van der Waals surface area contributed by atoms with Crippen LogP contribution in [0.2, 0.25) is 0 Å². The molecule has 0 atom stereocenters. The summed E-state index contributed by atoms with van der Waals surface area (Å²) in [6.07, 6.45) is 19.9. The molecule has 204 valence electrons. The third-order valence-electron chi connectivity index (χ3n) is 9.43. The quantitative estimate of drug-likeness (QED) is 0.347. The molecule has 0 N–H and O–H groups in total. The highest BCUT2D eigenvalue weighted by Gasteiger charge is 2.36. The van der Waals surface area contributed by atoms with Gasteiger partial charge in [-0.15, -0.1) is 0 Å². The first-order chi connectivity index (χ1) is 17.7. The van der Waals surface area contributed by atoms with Crippen molar-refractivity contribution in [3.8, 4) is 0 Å². The smallest absolute Gasteiger partial charge is 0.339 e. The molecule has 3 saturated carbocycles. The maximum atomic E-state index is 14.3. The number of hydrogen-bond acceptors (Lipinski definition) is 4. The van der Waals surface area contributed by atoms with Crippen LogP contribution in [-0.2, 0) is 19.1 Å². The van der Waals surface area contributed by atoms with Gasteiger partial charge in [-0.25, -0.2) is 0 Å². The minimum Gasteiger partial charge on any atom is -0.383 e. The summed E-state index contributed by atoms with van der Waals surface area (Å²) in [4.78, 5) is 12.9. The molecule has 37 heavy (non-hydrogen) atoms. The first-order valence-electron chi connectivity index (χ1n) is 15.1. The van der Waals surface area contributed by atoms with Gasteiger partial charge in [-0.05, 0) is 78.4 Å². The molecule has 0 aliphatic heterocycles. The predicted molar refractivity (Wildman–Crippen MR) is 148 cm³/mol. The van der Waals surface area contributed by atoms with E-state index >= 15 is 0 Å². The largest absolute Gasteiger partial charge is 0.383 e. The van der Waals surface area contributed by atoms with Gasteiger partial charge in [-0.3, -0.25) is 4.79 Å². The van der Waals surface area contributed by atoms with Crippen LogP contribution in [0.1, 0.15) is 157 Å². The number of carbonyl (C=O) groups excluding carboxylic acids is 1. The highest BCUT2D eigenvalue weighted by Crippen LogP contribution is 2.46. The van der Waals surface area contributed by atoms with Gasteiger partial charge in [0.15, 0.2) is 5.78 Å². The van der Waals surface area contributed by atoms with Crippen molar-refractivity contribution in [2.75, 3.05) is 0 Å². The van der Waals surface area contributed by atoms with Crippen molar-refractivity contribution in [2.45, 2.75) is 146 Å². The fourth-order valence-corrected chi connectivity index (χ4v) is 9.12. The maximum absolute atomic E-state index is 14.3. The minimum atomic E-state index is -4.06. The molecule has 1 aromatic carbocycles. The highest BCUT2D eigenvalue weighted by atomic mass is 32.2. The second-order valence-electron chi connectivity index (χ2n) is 13.2. The maximum Gasteiger partial charge on any atom is 0.339 e. The number of rotatable bonds is 6. The Hall–Kier alpha value is -1.62. The van der Waals surface area contributed by atoms with Crippen LogP contribution >= 0.6 is 0 Å². The van der Waals surface area contributed by atoms with E-state index in [2.05, 4.69) is 12.1 Å². The van der Waals surface area contributed by atoms with Gasteiger partial charge in [0, 0.05) is 18.9 Å². The van der Waals surface area contributed by atoms with Crippen molar-refractivity contribution in [3.63, 3.8) is 0 Å². The van der Waals surface area contributed by atoms with E-state index in [0.717, 1.165) is 62.5 Å². The van der Waals surface area contributed by atoms with E-state index in [1.807, 2.05) is 13.8 Å². The molecule has 0 spiro atoms. The standard InChI is InChI=1S/C32H46O4S/c1-32(2)21-27(33)20-28(22-32)36-37(34,35)31-29(24-14-8-4-9-15-24)18-26(23-12-6-3-7-13-23)19-30(31)25-16-10-5-11-17-25/h18-20,23-25H,3-17,21-22H2,1-2H3. The molecule has 0 bridgehead atoms. The molecule has 4 aliphatic rings. The summed E-state index contributed by atoms with van der Waals surface area (Å²) in [5.41, 5.74) is 3.11. The molecule has 5 rings (SSSR count). The van der Waals surface area contributed by atoms with Crippen molar-refractivity contribution in [3.05, 3.63) is 40.7 Å². The Bertz CT molecular complexity index is 1070. The third kappa shape index (κ3) is 6.34. The van der Waals surface area contributed by atoms with E-state index in [9.17, 15) is 13.2 Å². The first kappa shape index (κ1) is 27.0. The molecule has 0 radical (unpaired) electrons. The van der Waals surface area contributed by atoms with Gasteiger partial charge < -0.3 is 4.18 Å². The molecule has 3 fully saturated rings. The van der Waals surface area contributed by atoms with Gasteiger partial charge in [0.25, 0.3) is 0 Å². The van der Waals surface area contributed by atoms with Gasteiger partial charge in [-0.2, -0.15) is 8.42 Å². The Morgan fingerprint density at radius 2 is 1.16 bits per heavy atom. The number of ketones is 1. The van der Waals surface area contributed by atoms with Crippen molar-refractivity contribution >= 4 is 15.9 Å². The minimum absolute atomic E-state index is 0.0471. The molecule has 0 saturated heterocycles. The van der Waals surface area contributed by atoms with Gasteiger partial charge >= 0.3 is 10.1 Å². The van der Waals surface area contributed by atoms with Crippen LogP contribution in [-0.4, -0.2) is 14.2 Å². The van der Waals surface area contributed by atoms with Gasteiger partial charge in [-0.1, -0.05) is 83.8 Å². The van der Waals surface area contributed by atoms with Crippen LogP contribution in [0.5, 0.6) is 0 Å². The molecular formula is C32H46O4S. The lowest BCUT2D eigenvalue weighted by Crippen LogP contribution is -2.25. The molecular weight excluding hydrogens is 480 g/mol. The van der Waals surface area contributed by atoms with E-state index in [0.29, 0.717) is 29.4 Å². The van der Waals surface area contributed by atoms with E-state index in [1.54, 1.807) is 0 Å². The van der Waals surface area contributed by atoms with Crippen LogP contribution in [0.4, 0.5) is 0 Å². The molecule has 0 heterocycles. The number of carbonyl (C=O) groups is 1. The lowest BCUT2D eigenvalue weighted by Gasteiger charge is -2.33. The third-order valence-corrected chi connectivity index (χ3v) is 10.8. The average molecular weight is 527 g/mol. The molecule has 4 aliphatic carbocycles. The number of hydrogen-bond donors (Lipinski definition) is 0. The molecule has 0 amide bonds. The summed E-state index contributed by atoms with van der Waals surface area (Å²) in [6, 6.07) is 4.55. The van der Waals surface area contributed by atoms with Gasteiger partial charge in [0.2, 0.25) is 0 Å². The van der Waals surface area contributed by atoms with Crippen LogP contribution in [0, 0.1) is 5.41 Å². The monoisotopic (exact) mass is 526 g/mol. The second-order valence-corrected chi connectivity index (χ2v) is 14.6. The zero-order valence-corrected chi connectivity index (χ0v) is 23.8. The Balaban J connectivity index is 1.63. The Morgan fingerprint density at radius 1 is 0.703 bits per heavy atom. The number of benzene rings is 1. The Morgan fingerprint density at radius 3 is 1.62 bits per heavy atom. The number of allylic oxidation sites excluding steroid dienone is 2. The Labute approximate surface area is 224 Å². The summed E-state index contributed by atoms with van der Waals surface area (Å²) < 4.78 is 34.4. The summed E-state index contributed by atoms with van der Waals surface area (Å²) >= 11 is 0. The van der Waals surface area contributed by atoms with Gasteiger partial charge in [0.05, 0.1) is 0 Å². The summed E-state index contributed by atoms with van der Waals surface area (Å²) in [6.45, 7) is 4.02. The van der Waals surface area contributed by atoms with Crippen LogP contribution in [0.15, 0.2) is 28.9 Å². The topological polar surface area (TPSA) is 60.4 Å². The molecule has 5 heteroatoms. The fraction of sp³-hybridized carbons (Fsp3) is 0.719. The lowest BCUT2D eigenvalue weighted by molar-refractivity contribution is -0.117. The summed E-state index contributed by atoms with van der Waals surface area (Å²) in [5.74, 6) is 1.34. The van der Waals surface area contributed by atoms with E-state index < -0.39 is 10.1 Å². The lowest BCUT2D eigenvalue weighted by atomic mass is 9.76. The van der Waals surface area contributed by atoms with E-state index in [4.69, 9.17) is 4.18 Å². The molecule has 0 aromatic heterocycles. The van der Waals surface area contributed by atoms with Crippen molar-refractivity contribution in [1.82, 2.24) is 0 Å². The zero-order valence-electron chi connectivity index (χ0n) is 23.0. The van der Waals surface area contributed by atoms with Crippen LogP contribution < -0.4 is 0 Å². The van der Waals surface area contributed by atoms with Crippen molar-refractivity contribution < 1.29 is 17.4 Å². The predicted octanol–water partition coefficient (Wildman–Crippen LogP) is 8.81. The van der Waals surface area contributed by atoms with Crippen LogP contribution in [0.3, 0.4) is 0 Å². The molecule has 0 unspecified atom stereocenters. The first-order valence-corrected chi connectivity index (χ1v) is 16.5. The SMILES string of the molecule is CC1(C)CC(=O)C=C(OS(=O)(=O)c2c(C3CCCCC3)cc(C3CCCCC3)cc2C2CCCCC2)C1. The van der Waals surface area contributed by atoms with Crippen LogP contribution in [0.25, 0.3) is 0 Å². The second kappa shape index (κ2) is 11.2. The molecule has 4 nitrogen and oxygen atoms in total. The highest BCUT2D eigenvalue weighted by molar-refractivity contribution is 7.87.